The molecule has 3 rings (SSSR count). The first-order valence-electron chi connectivity index (χ1n) is 8.57. The Morgan fingerprint density at radius 1 is 1.22 bits per heavy atom. The van der Waals surface area contributed by atoms with Gasteiger partial charge in [-0.2, -0.15) is 18.3 Å². The number of aryl methyl sites for hydroxylation is 1. The number of rotatable bonds is 4. The van der Waals surface area contributed by atoms with Crippen LogP contribution in [-0.2, 0) is 17.4 Å². The lowest BCUT2D eigenvalue weighted by Gasteiger charge is -2.24. The summed E-state index contributed by atoms with van der Waals surface area (Å²) in [5.74, 6) is 0.363. The summed E-state index contributed by atoms with van der Waals surface area (Å²) in [5.41, 5.74) is 0.0997. The summed E-state index contributed by atoms with van der Waals surface area (Å²) in [5, 5.41) is 6.53. The fourth-order valence-electron chi connectivity index (χ4n) is 3.02. The highest BCUT2D eigenvalue weighted by Crippen LogP contribution is 2.33. The van der Waals surface area contributed by atoms with E-state index < -0.39 is 11.7 Å². The van der Waals surface area contributed by atoms with E-state index in [9.17, 15) is 18.0 Å². The third-order valence-corrected chi connectivity index (χ3v) is 4.76. The summed E-state index contributed by atoms with van der Waals surface area (Å²) in [6.07, 6.45) is 1.45. The maximum atomic E-state index is 12.8. The summed E-state index contributed by atoms with van der Waals surface area (Å²) in [6, 6.07) is 0.891. The van der Waals surface area contributed by atoms with Gasteiger partial charge in [0.2, 0.25) is 5.91 Å². The number of amides is 1. The molecule has 3 heterocycles. The van der Waals surface area contributed by atoms with E-state index in [0.29, 0.717) is 51.3 Å². The van der Waals surface area contributed by atoms with E-state index >= 15 is 0 Å². The Morgan fingerprint density at radius 3 is 2.70 bits per heavy atom. The number of halogens is 4. The Morgan fingerprint density at radius 2 is 2.04 bits per heavy atom. The Kier molecular flexibility index (Phi) is 5.88. The van der Waals surface area contributed by atoms with Gasteiger partial charge in [-0.05, 0) is 24.5 Å². The minimum Gasteiger partial charge on any atom is -0.354 e. The topological polar surface area (TPSA) is 65.1 Å². The van der Waals surface area contributed by atoms with Gasteiger partial charge in [-0.1, -0.05) is 11.6 Å². The third-order valence-electron chi connectivity index (χ3n) is 4.48. The molecule has 2 aromatic rings. The van der Waals surface area contributed by atoms with Crippen molar-refractivity contribution in [2.24, 2.45) is 0 Å². The van der Waals surface area contributed by atoms with Crippen molar-refractivity contribution in [3.63, 3.8) is 0 Å². The van der Waals surface area contributed by atoms with Crippen LogP contribution in [-0.4, -0.2) is 52.2 Å². The molecule has 0 aliphatic carbocycles. The molecule has 1 amide bonds. The van der Waals surface area contributed by atoms with Crippen LogP contribution in [0.25, 0.3) is 0 Å². The lowest BCUT2D eigenvalue weighted by Crippen LogP contribution is -2.35. The molecule has 0 saturated carbocycles. The van der Waals surface area contributed by atoms with Crippen LogP contribution < -0.4 is 4.90 Å². The number of pyridine rings is 1. The predicted molar refractivity (Wildman–Crippen MR) is 94.6 cm³/mol. The molecule has 0 aromatic carbocycles. The Hall–Kier alpha value is -2.29. The lowest BCUT2D eigenvalue weighted by atomic mass is 10.2. The molecule has 0 radical (unpaired) electrons. The van der Waals surface area contributed by atoms with Crippen LogP contribution in [0.1, 0.15) is 24.0 Å². The normalized spacial score (nSPS) is 15.7. The number of hydrogen-bond acceptors (Lipinski definition) is 4. The number of aromatic amines is 1. The van der Waals surface area contributed by atoms with Gasteiger partial charge in [-0.15, -0.1) is 0 Å². The van der Waals surface area contributed by atoms with Gasteiger partial charge in [0.15, 0.2) is 0 Å². The highest BCUT2D eigenvalue weighted by Gasteiger charge is 2.32. The van der Waals surface area contributed by atoms with E-state index in [1.165, 1.54) is 0 Å². The molecule has 0 unspecified atom stereocenters. The smallest absolute Gasteiger partial charge is 0.354 e. The summed E-state index contributed by atoms with van der Waals surface area (Å²) >= 11 is 6.03. The van der Waals surface area contributed by atoms with Gasteiger partial charge in [0, 0.05) is 45.0 Å². The number of H-pyrrole nitrogens is 1. The number of alkyl halides is 3. The average molecular weight is 402 g/mol. The zero-order valence-corrected chi connectivity index (χ0v) is 15.2. The summed E-state index contributed by atoms with van der Waals surface area (Å²) < 4.78 is 38.3. The molecule has 1 saturated heterocycles. The largest absolute Gasteiger partial charge is 0.417 e. The molecule has 1 aliphatic heterocycles. The van der Waals surface area contributed by atoms with E-state index in [1.807, 2.05) is 4.90 Å². The molecule has 0 atom stereocenters. The van der Waals surface area contributed by atoms with Gasteiger partial charge in [-0.25, -0.2) is 4.98 Å². The number of nitrogens with zero attached hydrogens (tertiary/aromatic N) is 4. The van der Waals surface area contributed by atoms with Crippen molar-refractivity contribution in [3.05, 3.63) is 40.8 Å². The SMILES string of the molecule is O=C(CCc1cn[nH]c1)N1CCCN(c2ncc(C(F)(F)F)cc2Cl)CC1. The van der Waals surface area contributed by atoms with E-state index in [2.05, 4.69) is 15.2 Å². The number of anilines is 1. The fourth-order valence-corrected chi connectivity index (χ4v) is 3.31. The first kappa shape index (κ1) is 19.5. The monoisotopic (exact) mass is 401 g/mol. The van der Waals surface area contributed by atoms with Crippen LogP contribution in [0.15, 0.2) is 24.7 Å². The minimum absolute atomic E-state index is 0.0374. The first-order chi connectivity index (χ1) is 12.8. The molecule has 27 heavy (non-hydrogen) atoms. The van der Waals surface area contributed by atoms with E-state index in [0.717, 1.165) is 17.8 Å². The van der Waals surface area contributed by atoms with Crippen LogP contribution in [0.3, 0.4) is 0 Å². The van der Waals surface area contributed by atoms with Crippen LogP contribution in [0.4, 0.5) is 19.0 Å². The predicted octanol–water partition coefficient (Wildman–Crippen LogP) is 3.15. The van der Waals surface area contributed by atoms with E-state index in [1.54, 1.807) is 17.3 Å². The molecule has 1 N–H and O–H groups in total. The highest BCUT2D eigenvalue weighted by atomic mass is 35.5. The molecule has 0 bridgehead atoms. The maximum absolute atomic E-state index is 12.8. The van der Waals surface area contributed by atoms with Crippen molar-refractivity contribution >= 4 is 23.3 Å². The zero-order valence-electron chi connectivity index (χ0n) is 14.5. The van der Waals surface area contributed by atoms with Crippen molar-refractivity contribution < 1.29 is 18.0 Å². The highest BCUT2D eigenvalue weighted by molar-refractivity contribution is 6.33. The molecule has 10 heteroatoms. The van der Waals surface area contributed by atoms with E-state index in [4.69, 9.17) is 11.6 Å². The molecule has 0 spiro atoms. The van der Waals surface area contributed by atoms with Crippen LogP contribution in [0.2, 0.25) is 5.02 Å². The van der Waals surface area contributed by atoms with Crippen LogP contribution in [0, 0.1) is 0 Å². The summed E-state index contributed by atoms with van der Waals surface area (Å²) in [4.78, 5) is 19.9. The number of nitrogens with one attached hydrogen (secondary N) is 1. The number of aromatic nitrogens is 3. The maximum Gasteiger partial charge on any atom is 0.417 e. The fraction of sp³-hybridized carbons (Fsp3) is 0.471. The van der Waals surface area contributed by atoms with Crippen LogP contribution in [0.5, 0.6) is 0 Å². The summed E-state index contributed by atoms with van der Waals surface area (Å²) in [6.45, 7) is 2.11. The van der Waals surface area contributed by atoms with Crippen molar-refractivity contribution in [3.8, 4) is 0 Å². The molecule has 2 aromatic heterocycles. The molecule has 146 valence electrons. The van der Waals surface area contributed by atoms with Gasteiger partial charge in [-0.3, -0.25) is 9.89 Å². The Balaban J connectivity index is 1.60. The lowest BCUT2D eigenvalue weighted by molar-refractivity contribution is -0.137. The molecule has 1 fully saturated rings. The van der Waals surface area contributed by atoms with Crippen molar-refractivity contribution in [2.75, 3.05) is 31.1 Å². The number of carbonyl (C=O) groups excluding carboxylic acids is 1. The van der Waals surface area contributed by atoms with Crippen LogP contribution >= 0.6 is 11.6 Å². The quantitative estimate of drug-likeness (QED) is 0.854. The number of hydrogen-bond donors (Lipinski definition) is 1. The van der Waals surface area contributed by atoms with Gasteiger partial charge >= 0.3 is 6.18 Å². The standard InChI is InChI=1S/C17H19ClF3N5O/c18-14-8-13(17(19,20)21)11-22-16(14)26-5-1-4-25(6-7-26)15(27)3-2-12-9-23-24-10-12/h8-11H,1-7H2,(H,23,24). The van der Waals surface area contributed by atoms with Crippen molar-refractivity contribution in [1.82, 2.24) is 20.1 Å². The molecular weight excluding hydrogens is 383 g/mol. The van der Waals surface area contributed by atoms with Gasteiger partial charge in [0.25, 0.3) is 0 Å². The number of carbonyl (C=O) groups is 1. The van der Waals surface area contributed by atoms with Crippen molar-refractivity contribution in [2.45, 2.75) is 25.4 Å². The second-order valence-corrected chi connectivity index (χ2v) is 6.76. The third kappa shape index (κ3) is 4.91. The molecular formula is C17H19ClF3N5O. The average Bonchev–Trinajstić information content (AvgIpc) is 3.02. The van der Waals surface area contributed by atoms with E-state index in [-0.39, 0.29) is 10.9 Å². The zero-order chi connectivity index (χ0) is 19.4. The second-order valence-electron chi connectivity index (χ2n) is 6.36. The molecule has 1 aliphatic rings. The van der Waals surface area contributed by atoms with Crippen molar-refractivity contribution in [1.29, 1.82) is 0 Å². The van der Waals surface area contributed by atoms with Gasteiger partial charge in [0.1, 0.15) is 5.82 Å². The minimum atomic E-state index is -4.48. The Labute approximate surface area is 159 Å². The second kappa shape index (κ2) is 8.16. The first-order valence-corrected chi connectivity index (χ1v) is 8.95. The van der Waals surface area contributed by atoms with Gasteiger partial charge < -0.3 is 9.80 Å². The molecule has 6 nitrogen and oxygen atoms in total. The van der Waals surface area contributed by atoms with Gasteiger partial charge in [0.05, 0.1) is 16.8 Å². The summed E-state index contributed by atoms with van der Waals surface area (Å²) in [7, 11) is 0. The Bertz CT molecular complexity index is 781.